The summed E-state index contributed by atoms with van der Waals surface area (Å²) in [5.41, 5.74) is 0.647. The van der Waals surface area contributed by atoms with E-state index in [1.807, 2.05) is 30.3 Å². The molecule has 0 bridgehead atoms. The minimum absolute atomic E-state index is 0.211. The Bertz CT molecular complexity index is 761. The Hall–Kier alpha value is -3.02. The van der Waals surface area contributed by atoms with Crippen LogP contribution in [0.3, 0.4) is 0 Å². The van der Waals surface area contributed by atoms with E-state index in [2.05, 4.69) is 5.32 Å². The van der Waals surface area contributed by atoms with Crippen LogP contribution in [0.25, 0.3) is 0 Å². The van der Waals surface area contributed by atoms with Crippen molar-refractivity contribution in [3.63, 3.8) is 0 Å². The van der Waals surface area contributed by atoms with E-state index < -0.39 is 30.3 Å². The molecule has 0 radical (unpaired) electrons. The number of benzene rings is 2. The minimum Gasteiger partial charge on any atom is -0.452 e. The van der Waals surface area contributed by atoms with Gasteiger partial charge in [0.2, 0.25) is 0 Å². The van der Waals surface area contributed by atoms with E-state index in [4.69, 9.17) is 4.74 Å². The Morgan fingerprint density at radius 2 is 1.68 bits per heavy atom. The SMILES string of the molecule is CC(=O)[C@H](Cc1ccccc1)NC(=O)COC(=O)c1ccccc1F. The fourth-order valence-electron chi connectivity index (χ4n) is 2.22. The zero-order valence-electron chi connectivity index (χ0n) is 13.7. The number of nitrogens with one attached hydrogen (secondary N) is 1. The molecule has 1 atom stereocenters. The number of ketones is 1. The predicted octanol–water partition coefficient (Wildman–Crippen LogP) is 2.30. The third-order valence-electron chi connectivity index (χ3n) is 3.54. The highest BCUT2D eigenvalue weighted by Gasteiger charge is 2.19. The van der Waals surface area contributed by atoms with Crippen LogP contribution in [0.4, 0.5) is 4.39 Å². The molecule has 0 saturated heterocycles. The van der Waals surface area contributed by atoms with Gasteiger partial charge in [0, 0.05) is 0 Å². The summed E-state index contributed by atoms with van der Waals surface area (Å²) in [6.07, 6.45) is 0.336. The van der Waals surface area contributed by atoms with Crippen molar-refractivity contribution in [1.29, 1.82) is 0 Å². The number of esters is 1. The summed E-state index contributed by atoms with van der Waals surface area (Å²) < 4.78 is 18.3. The van der Waals surface area contributed by atoms with E-state index in [-0.39, 0.29) is 11.3 Å². The molecular formula is C19H18FNO4. The van der Waals surface area contributed by atoms with Crippen molar-refractivity contribution in [2.24, 2.45) is 0 Å². The van der Waals surface area contributed by atoms with Crippen LogP contribution >= 0.6 is 0 Å². The fraction of sp³-hybridized carbons (Fsp3) is 0.211. The van der Waals surface area contributed by atoms with Crippen LogP contribution in [-0.2, 0) is 20.7 Å². The average Bonchev–Trinajstić information content (AvgIpc) is 2.60. The van der Waals surface area contributed by atoms with Crippen molar-refractivity contribution in [3.8, 4) is 0 Å². The van der Waals surface area contributed by atoms with Gasteiger partial charge in [-0.05, 0) is 31.0 Å². The van der Waals surface area contributed by atoms with Crippen LogP contribution < -0.4 is 5.32 Å². The van der Waals surface area contributed by atoms with E-state index in [0.717, 1.165) is 11.6 Å². The lowest BCUT2D eigenvalue weighted by molar-refractivity contribution is -0.128. The van der Waals surface area contributed by atoms with Gasteiger partial charge in [0.05, 0.1) is 11.6 Å². The molecule has 2 rings (SSSR count). The van der Waals surface area contributed by atoms with Crippen molar-refractivity contribution in [2.45, 2.75) is 19.4 Å². The maximum absolute atomic E-state index is 13.5. The molecule has 130 valence electrons. The summed E-state index contributed by atoms with van der Waals surface area (Å²) >= 11 is 0. The largest absolute Gasteiger partial charge is 0.452 e. The highest BCUT2D eigenvalue weighted by atomic mass is 19.1. The van der Waals surface area contributed by atoms with E-state index in [1.165, 1.54) is 25.1 Å². The molecule has 0 unspecified atom stereocenters. The first-order valence-electron chi connectivity index (χ1n) is 7.72. The van der Waals surface area contributed by atoms with E-state index >= 15 is 0 Å². The van der Waals surface area contributed by atoms with Gasteiger partial charge in [0.25, 0.3) is 5.91 Å². The second-order valence-electron chi connectivity index (χ2n) is 5.48. The highest BCUT2D eigenvalue weighted by Crippen LogP contribution is 2.08. The standard InChI is InChI=1S/C19H18FNO4/c1-13(22)17(11-14-7-3-2-4-8-14)21-18(23)12-25-19(24)15-9-5-6-10-16(15)20/h2-10,17H,11-12H2,1H3,(H,21,23)/t17-/m0/s1. The van der Waals surface area contributed by atoms with Crippen LogP contribution in [-0.4, -0.2) is 30.3 Å². The Kier molecular flexibility index (Phi) is 6.39. The number of carbonyl (C=O) groups is 3. The maximum atomic E-state index is 13.5. The number of amides is 1. The van der Waals surface area contributed by atoms with Gasteiger partial charge < -0.3 is 10.1 Å². The number of ether oxygens (including phenoxy) is 1. The number of rotatable bonds is 7. The number of hydrogen-bond donors (Lipinski definition) is 1. The lowest BCUT2D eigenvalue weighted by atomic mass is 10.0. The zero-order chi connectivity index (χ0) is 18.2. The van der Waals surface area contributed by atoms with Crippen molar-refractivity contribution >= 4 is 17.7 Å². The molecule has 1 amide bonds. The van der Waals surface area contributed by atoms with Crippen LogP contribution in [0, 0.1) is 5.82 Å². The number of halogens is 1. The molecule has 0 aliphatic carbocycles. The molecule has 5 nitrogen and oxygen atoms in total. The number of carbonyl (C=O) groups excluding carboxylic acids is 3. The van der Waals surface area contributed by atoms with Gasteiger partial charge in [-0.3, -0.25) is 9.59 Å². The second kappa shape index (κ2) is 8.73. The lowest BCUT2D eigenvalue weighted by Crippen LogP contribution is -2.43. The van der Waals surface area contributed by atoms with Crippen LogP contribution in [0.2, 0.25) is 0 Å². The van der Waals surface area contributed by atoms with Gasteiger partial charge in [0.1, 0.15) is 5.82 Å². The van der Waals surface area contributed by atoms with Gasteiger partial charge in [-0.1, -0.05) is 42.5 Å². The summed E-state index contributed by atoms with van der Waals surface area (Å²) in [6.45, 7) is 0.783. The molecule has 0 fully saturated rings. The minimum atomic E-state index is -0.935. The number of hydrogen-bond acceptors (Lipinski definition) is 4. The Morgan fingerprint density at radius 3 is 2.32 bits per heavy atom. The molecule has 2 aromatic carbocycles. The molecular weight excluding hydrogens is 325 g/mol. The molecule has 0 saturated carbocycles. The second-order valence-corrected chi connectivity index (χ2v) is 5.48. The van der Waals surface area contributed by atoms with Crippen molar-refractivity contribution in [2.75, 3.05) is 6.61 Å². The third-order valence-corrected chi connectivity index (χ3v) is 3.54. The molecule has 0 aliphatic heterocycles. The summed E-state index contributed by atoms with van der Waals surface area (Å²) in [6, 6.07) is 13.8. The van der Waals surface area contributed by atoms with Crippen molar-refractivity contribution in [3.05, 3.63) is 71.5 Å². The van der Waals surface area contributed by atoms with Crippen LogP contribution in [0.5, 0.6) is 0 Å². The summed E-state index contributed by atoms with van der Waals surface area (Å²) in [5, 5.41) is 2.53. The van der Waals surface area contributed by atoms with E-state index in [9.17, 15) is 18.8 Å². The van der Waals surface area contributed by atoms with Crippen LogP contribution in [0.15, 0.2) is 54.6 Å². The number of Topliss-reactive ketones (excluding diaryl/α,β-unsaturated/α-hetero) is 1. The molecule has 0 heterocycles. The highest BCUT2D eigenvalue weighted by molar-refractivity contribution is 5.92. The van der Waals surface area contributed by atoms with Crippen molar-refractivity contribution < 1.29 is 23.5 Å². The molecule has 0 aromatic heterocycles. The fourth-order valence-corrected chi connectivity index (χ4v) is 2.22. The summed E-state index contributed by atoms with van der Waals surface area (Å²) in [4.78, 5) is 35.4. The van der Waals surface area contributed by atoms with Crippen LogP contribution in [0.1, 0.15) is 22.8 Å². The molecule has 0 aliphatic rings. The van der Waals surface area contributed by atoms with E-state index in [0.29, 0.717) is 6.42 Å². The topological polar surface area (TPSA) is 72.5 Å². The Balaban J connectivity index is 1.90. The first kappa shape index (κ1) is 18.3. The maximum Gasteiger partial charge on any atom is 0.341 e. The van der Waals surface area contributed by atoms with E-state index in [1.54, 1.807) is 0 Å². The zero-order valence-corrected chi connectivity index (χ0v) is 13.7. The quantitative estimate of drug-likeness (QED) is 0.783. The Labute approximate surface area is 144 Å². The summed E-state index contributed by atoms with van der Waals surface area (Å²) in [7, 11) is 0. The monoisotopic (exact) mass is 343 g/mol. The molecule has 1 N–H and O–H groups in total. The first-order valence-corrected chi connectivity index (χ1v) is 7.72. The van der Waals surface area contributed by atoms with Gasteiger partial charge in [0.15, 0.2) is 12.4 Å². The first-order chi connectivity index (χ1) is 12.0. The van der Waals surface area contributed by atoms with Gasteiger partial charge in [-0.2, -0.15) is 0 Å². The predicted molar refractivity (Wildman–Crippen MR) is 89.4 cm³/mol. The normalized spacial score (nSPS) is 11.4. The third kappa shape index (κ3) is 5.53. The van der Waals surface area contributed by atoms with Gasteiger partial charge in [-0.15, -0.1) is 0 Å². The Morgan fingerprint density at radius 1 is 1.04 bits per heavy atom. The lowest BCUT2D eigenvalue weighted by Gasteiger charge is -2.16. The van der Waals surface area contributed by atoms with Crippen molar-refractivity contribution in [1.82, 2.24) is 5.32 Å². The average molecular weight is 343 g/mol. The molecule has 6 heteroatoms. The molecule has 25 heavy (non-hydrogen) atoms. The van der Waals surface area contributed by atoms with Gasteiger partial charge in [-0.25, -0.2) is 9.18 Å². The summed E-state index contributed by atoms with van der Waals surface area (Å²) in [5.74, 6) is -2.49. The smallest absolute Gasteiger partial charge is 0.341 e. The molecule has 2 aromatic rings. The van der Waals surface area contributed by atoms with Gasteiger partial charge >= 0.3 is 5.97 Å². The molecule has 0 spiro atoms.